The number of nitrogens with zero attached hydrogens (tertiary/aromatic N) is 1. The Kier molecular flexibility index (Phi) is 2.59. The average Bonchev–Trinajstić information content (AvgIpc) is 2.53. The Bertz CT molecular complexity index is 508. The van der Waals surface area contributed by atoms with Crippen molar-refractivity contribution >= 4 is 29.0 Å². The van der Waals surface area contributed by atoms with Gasteiger partial charge in [0.25, 0.3) is 0 Å². The van der Waals surface area contributed by atoms with Gasteiger partial charge in [0, 0.05) is 11.1 Å². The predicted molar refractivity (Wildman–Crippen MR) is 61.1 cm³/mol. The molecule has 0 amide bonds. The Morgan fingerprint density at radius 1 is 1.33 bits per heavy atom. The highest BCUT2D eigenvalue weighted by Crippen LogP contribution is 2.36. The van der Waals surface area contributed by atoms with Crippen molar-refractivity contribution in [1.82, 2.24) is 5.16 Å². The van der Waals surface area contributed by atoms with Gasteiger partial charge in [0.15, 0.2) is 11.6 Å². The fraction of sp³-hybridized carbons (Fsp3) is 0.100. The van der Waals surface area contributed by atoms with Gasteiger partial charge in [-0.2, -0.15) is 0 Å². The minimum Gasteiger partial charge on any atom is -0.381 e. The fourth-order valence-electron chi connectivity index (χ4n) is 1.28. The Morgan fingerprint density at radius 2 is 2.07 bits per heavy atom. The lowest BCUT2D eigenvalue weighted by Gasteiger charge is -2.02. The lowest BCUT2D eigenvalue weighted by molar-refractivity contribution is 0.435. The summed E-state index contributed by atoms with van der Waals surface area (Å²) in [5, 5.41) is 4.58. The van der Waals surface area contributed by atoms with E-state index in [0.717, 1.165) is 5.56 Å². The number of nitrogen functional groups attached to an aromatic ring is 1. The molecule has 2 aromatic rings. The second-order valence-corrected chi connectivity index (χ2v) is 3.91. The number of nitrogens with two attached hydrogens (primary N) is 1. The zero-order chi connectivity index (χ0) is 11.0. The first-order chi connectivity index (χ1) is 7.11. The van der Waals surface area contributed by atoms with Crippen molar-refractivity contribution in [3.63, 3.8) is 0 Å². The second kappa shape index (κ2) is 3.76. The molecule has 0 radical (unpaired) electrons. The Morgan fingerprint density at radius 3 is 2.67 bits per heavy atom. The van der Waals surface area contributed by atoms with E-state index < -0.39 is 0 Å². The Balaban J connectivity index is 2.64. The lowest BCUT2D eigenvalue weighted by Crippen LogP contribution is -1.87. The van der Waals surface area contributed by atoms with Crippen molar-refractivity contribution in [2.24, 2.45) is 0 Å². The van der Waals surface area contributed by atoms with Crippen LogP contribution >= 0.6 is 23.2 Å². The number of anilines is 1. The molecule has 1 heterocycles. The third-order valence-corrected chi connectivity index (χ3v) is 2.98. The van der Waals surface area contributed by atoms with Gasteiger partial charge < -0.3 is 10.3 Å². The summed E-state index contributed by atoms with van der Waals surface area (Å²) in [5.41, 5.74) is 7.05. The summed E-state index contributed by atoms with van der Waals surface area (Å²) in [6.07, 6.45) is 0. The molecule has 0 spiro atoms. The minimum atomic E-state index is 0.362. The van der Waals surface area contributed by atoms with E-state index in [9.17, 15) is 0 Å². The van der Waals surface area contributed by atoms with E-state index in [1.165, 1.54) is 0 Å². The van der Waals surface area contributed by atoms with Crippen LogP contribution in [0.1, 0.15) is 5.56 Å². The number of hydrogen-bond donors (Lipinski definition) is 1. The van der Waals surface area contributed by atoms with Crippen molar-refractivity contribution in [2.75, 3.05) is 5.73 Å². The van der Waals surface area contributed by atoms with Crippen LogP contribution in [0, 0.1) is 6.92 Å². The van der Waals surface area contributed by atoms with E-state index in [1.807, 2.05) is 6.92 Å². The molecule has 78 valence electrons. The molecule has 1 aromatic carbocycles. The number of hydrogen-bond acceptors (Lipinski definition) is 3. The molecule has 0 atom stereocenters. The van der Waals surface area contributed by atoms with Crippen LogP contribution in [0.5, 0.6) is 0 Å². The number of benzene rings is 1. The molecule has 0 unspecified atom stereocenters. The van der Waals surface area contributed by atoms with Gasteiger partial charge >= 0.3 is 0 Å². The maximum Gasteiger partial charge on any atom is 0.173 e. The van der Waals surface area contributed by atoms with Crippen LogP contribution in [0.3, 0.4) is 0 Å². The first-order valence-electron chi connectivity index (χ1n) is 4.27. The van der Waals surface area contributed by atoms with Gasteiger partial charge in [-0.05, 0) is 19.1 Å². The standard InChI is InChI=1S/C10H8Cl2N2O/c1-5-9(15-14-10(5)13)6-3-2-4-7(11)8(6)12/h2-4H,1H3,(H2,13,14). The van der Waals surface area contributed by atoms with Crippen molar-refractivity contribution in [1.29, 1.82) is 0 Å². The number of aromatic nitrogens is 1. The monoisotopic (exact) mass is 242 g/mol. The average molecular weight is 243 g/mol. The molecule has 0 saturated carbocycles. The van der Waals surface area contributed by atoms with E-state index in [1.54, 1.807) is 18.2 Å². The van der Waals surface area contributed by atoms with Gasteiger partial charge in [-0.15, -0.1) is 0 Å². The molecular formula is C10H8Cl2N2O. The SMILES string of the molecule is Cc1c(N)noc1-c1cccc(Cl)c1Cl. The zero-order valence-corrected chi connectivity index (χ0v) is 9.43. The van der Waals surface area contributed by atoms with E-state index >= 15 is 0 Å². The van der Waals surface area contributed by atoms with Crippen LogP contribution in [0.2, 0.25) is 10.0 Å². The van der Waals surface area contributed by atoms with Gasteiger partial charge in [0.05, 0.1) is 10.0 Å². The highest BCUT2D eigenvalue weighted by atomic mass is 35.5. The quantitative estimate of drug-likeness (QED) is 0.833. The Hall–Kier alpha value is -1.19. The fourth-order valence-corrected chi connectivity index (χ4v) is 1.66. The minimum absolute atomic E-state index is 0.362. The first-order valence-corrected chi connectivity index (χ1v) is 5.03. The molecule has 0 aliphatic heterocycles. The zero-order valence-electron chi connectivity index (χ0n) is 7.92. The summed E-state index contributed by atoms with van der Waals surface area (Å²) in [7, 11) is 0. The van der Waals surface area contributed by atoms with Gasteiger partial charge in [0.1, 0.15) is 0 Å². The van der Waals surface area contributed by atoms with Gasteiger partial charge in [0.2, 0.25) is 0 Å². The van der Waals surface area contributed by atoms with E-state index in [2.05, 4.69) is 5.16 Å². The van der Waals surface area contributed by atoms with Crippen molar-refractivity contribution in [2.45, 2.75) is 6.92 Å². The van der Waals surface area contributed by atoms with Crippen molar-refractivity contribution < 1.29 is 4.52 Å². The molecule has 3 nitrogen and oxygen atoms in total. The molecule has 0 aliphatic rings. The van der Waals surface area contributed by atoms with Gasteiger partial charge in [-0.1, -0.05) is 34.4 Å². The summed E-state index contributed by atoms with van der Waals surface area (Å²) < 4.78 is 5.10. The lowest BCUT2D eigenvalue weighted by atomic mass is 10.1. The van der Waals surface area contributed by atoms with Crippen LogP contribution in [-0.2, 0) is 0 Å². The predicted octanol–water partition coefficient (Wildman–Crippen LogP) is 3.54. The third kappa shape index (κ3) is 1.68. The summed E-state index contributed by atoms with van der Waals surface area (Å²) in [6.45, 7) is 1.82. The van der Waals surface area contributed by atoms with Crippen LogP contribution < -0.4 is 5.73 Å². The van der Waals surface area contributed by atoms with Crippen LogP contribution in [0.15, 0.2) is 22.7 Å². The molecule has 5 heteroatoms. The topological polar surface area (TPSA) is 52.0 Å². The summed E-state index contributed by atoms with van der Waals surface area (Å²) in [6, 6.07) is 5.31. The first kappa shape index (κ1) is 10.3. The van der Waals surface area contributed by atoms with E-state index in [-0.39, 0.29) is 0 Å². The summed E-state index contributed by atoms with van der Waals surface area (Å²) >= 11 is 11.9. The summed E-state index contributed by atoms with van der Waals surface area (Å²) in [4.78, 5) is 0. The molecule has 0 saturated heterocycles. The molecule has 1 aromatic heterocycles. The molecule has 2 rings (SSSR count). The maximum absolute atomic E-state index is 6.05. The van der Waals surface area contributed by atoms with E-state index in [0.29, 0.717) is 27.2 Å². The maximum atomic E-state index is 6.05. The molecule has 0 bridgehead atoms. The molecule has 0 fully saturated rings. The molecule has 2 N–H and O–H groups in total. The van der Waals surface area contributed by atoms with Gasteiger partial charge in [-0.25, -0.2) is 0 Å². The highest BCUT2D eigenvalue weighted by Gasteiger charge is 2.15. The highest BCUT2D eigenvalue weighted by molar-refractivity contribution is 6.43. The second-order valence-electron chi connectivity index (χ2n) is 3.12. The third-order valence-electron chi connectivity index (χ3n) is 2.16. The smallest absolute Gasteiger partial charge is 0.173 e. The van der Waals surface area contributed by atoms with Gasteiger partial charge in [-0.3, -0.25) is 0 Å². The van der Waals surface area contributed by atoms with Crippen LogP contribution in [-0.4, -0.2) is 5.16 Å². The number of halogens is 2. The summed E-state index contributed by atoms with van der Waals surface area (Å²) in [5.74, 6) is 0.918. The number of rotatable bonds is 1. The largest absolute Gasteiger partial charge is 0.381 e. The Labute approximate surface area is 96.8 Å². The van der Waals surface area contributed by atoms with Crippen molar-refractivity contribution in [3.8, 4) is 11.3 Å². The molecule has 15 heavy (non-hydrogen) atoms. The van der Waals surface area contributed by atoms with Crippen LogP contribution in [0.25, 0.3) is 11.3 Å². The normalized spacial score (nSPS) is 10.6. The van der Waals surface area contributed by atoms with Crippen LogP contribution in [0.4, 0.5) is 5.82 Å². The van der Waals surface area contributed by atoms with Crippen molar-refractivity contribution in [3.05, 3.63) is 33.8 Å². The van der Waals surface area contributed by atoms with E-state index in [4.69, 9.17) is 33.5 Å². The molecule has 0 aliphatic carbocycles. The molecular weight excluding hydrogens is 235 g/mol.